The molecule has 0 aromatic heterocycles. The Morgan fingerprint density at radius 1 is 0.600 bits per heavy atom. The van der Waals surface area contributed by atoms with Crippen molar-refractivity contribution in [3.63, 3.8) is 0 Å². The highest BCUT2D eigenvalue weighted by atomic mass is 31.1. The van der Waals surface area contributed by atoms with E-state index in [2.05, 4.69) is 123 Å². The lowest BCUT2D eigenvalue weighted by atomic mass is 9.75. The first kappa shape index (κ1) is 27.9. The molecular weight excluding hydrogens is 398 g/mol. The number of rotatable bonds is 2. The zero-order valence-electron chi connectivity index (χ0n) is 23.0. The summed E-state index contributed by atoms with van der Waals surface area (Å²) >= 11 is 0. The largest absolute Gasteiger partial charge is 0.0640 e. The molecule has 2 heteroatoms. The number of benzene rings is 1. The van der Waals surface area contributed by atoms with E-state index in [9.17, 15) is 0 Å². The molecule has 0 amide bonds. The molecule has 0 unspecified atom stereocenters. The van der Waals surface area contributed by atoms with Gasteiger partial charge in [0, 0.05) is 5.30 Å². The van der Waals surface area contributed by atoms with E-state index in [0.717, 1.165) is 0 Å². The Labute approximate surface area is 192 Å². The smallest absolute Gasteiger partial charge is 0.00956 e. The molecule has 0 atom stereocenters. The Hall–Kier alpha value is -0.180. The quantitative estimate of drug-likeness (QED) is 0.395. The number of hydrogen-bond acceptors (Lipinski definition) is 0. The lowest BCUT2D eigenvalue weighted by molar-refractivity contribution is 0.554. The van der Waals surface area contributed by atoms with Crippen LogP contribution in [0.15, 0.2) is 12.1 Å². The van der Waals surface area contributed by atoms with Crippen LogP contribution in [0.4, 0.5) is 0 Å². The van der Waals surface area contributed by atoms with Crippen molar-refractivity contribution in [2.45, 2.75) is 137 Å². The minimum atomic E-state index is -0.250. The van der Waals surface area contributed by atoms with E-state index in [1.807, 2.05) is 0 Å². The summed E-state index contributed by atoms with van der Waals surface area (Å²) in [5, 5.41) is 3.82. The fourth-order valence-electron chi connectivity index (χ4n) is 4.52. The zero-order chi connectivity index (χ0) is 24.1. The molecule has 0 aliphatic carbocycles. The van der Waals surface area contributed by atoms with Gasteiger partial charge in [-0.1, -0.05) is 132 Å². The molecule has 0 heterocycles. The maximum Gasteiger partial charge on any atom is 0.00956 e. The molecule has 0 aliphatic heterocycles. The van der Waals surface area contributed by atoms with Gasteiger partial charge in [0.2, 0.25) is 0 Å². The molecule has 0 spiro atoms. The minimum Gasteiger partial charge on any atom is -0.0640 e. The molecule has 0 saturated heterocycles. The van der Waals surface area contributed by atoms with Crippen LogP contribution in [0.5, 0.6) is 0 Å². The minimum absolute atomic E-state index is 0.121. The van der Waals surface area contributed by atoms with Gasteiger partial charge in [0.1, 0.15) is 0 Å². The highest BCUT2D eigenvalue weighted by molar-refractivity contribution is 7.88. The molecule has 1 rings (SSSR count). The topological polar surface area (TPSA) is 0 Å². The molecule has 0 aliphatic rings. The van der Waals surface area contributed by atoms with Crippen molar-refractivity contribution in [2.75, 3.05) is 0 Å². The van der Waals surface area contributed by atoms with E-state index in [-0.39, 0.29) is 24.2 Å². The zero-order valence-corrected chi connectivity index (χ0v) is 24.8. The second kappa shape index (κ2) is 8.64. The molecule has 1 aromatic rings. The van der Waals surface area contributed by atoms with E-state index >= 15 is 0 Å². The summed E-state index contributed by atoms with van der Waals surface area (Å²) in [5.74, 6) is 0. The van der Waals surface area contributed by atoms with Crippen LogP contribution in [0.2, 0.25) is 0 Å². The fourth-order valence-corrected chi connectivity index (χ4v) is 12.3. The molecule has 172 valence electrons. The fraction of sp³-hybridized carbons (Fsp3) is 0.750. The van der Waals surface area contributed by atoms with Gasteiger partial charge in [-0.2, -0.15) is 0 Å². The predicted molar refractivity (Wildman–Crippen MR) is 146 cm³/mol. The van der Waals surface area contributed by atoms with Gasteiger partial charge in [-0.05, 0) is 55.2 Å². The van der Waals surface area contributed by atoms with Crippen molar-refractivity contribution in [2.24, 2.45) is 0 Å². The average Bonchev–Trinajstić information content (AvgIpc) is 2.39. The van der Waals surface area contributed by atoms with E-state index in [1.165, 1.54) is 24.9 Å². The molecule has 0 saturated carbocycles. The lowest BCUT2D eigenvalue weighted by Crippen LogP contribution is -2.31. The van der Waals surface area contributed by atoms with Crippen LogP contribution in [-0.2, 0) is 16.2 Å². The monoisotopic (exact) mass is 448 g/mol. The third-order valence-electron chi connectivity index (χ3n) is 5.53. The van der Waals surface area contributed by atoms with Crippen LogP contribution in [-0.4, -0.2) is 15.3 Å². The molecule has 1 aromatic carbocycles. The Balaban J connectivity index is 4.03. The highest BCUT2D eigenvalue weighted by Gasteiger charge is 2.36. The van der Waals surface area contributed by atoms with Crippen LogP contribution in [0.25, 0.3) is 0 Å². The van der Waals surface area contributed by atoms with Gasteiger partial charge in [0.15, 0.2) is 0 Å². The van der Waals surface area contributed by atoms with Gasteiger partial charge >= 0.3 is 0 Å². The summed E-state index contributed by atoms with van der Waals surface area (Å²) in [6.45, 7) is 38.3. The predicted octanol–water partition coefficient (Wildman–Crippen LogP) is 9.38. The Bertz CT molecular complexity index is 727. The molecular formula is C28H50P2. The van der Waals surface area contributed by atoms with Crippen molar-refractivity contribution in [1.82, 2.24) is 0 Å². The third-order valence-corrected chi connectivity index (χ3v) is 10.8. The van der Waals surface area contributed by atoms with Crippen molar-refractivity contribution in [3.8, 4) is 0 Å². The Morgan fingerprint density at radius 3 is 1.17 bits per heavy atom. The van der Waals surface area contributed by atoms with Crippen molar-refractivity contribution < 1.29 is 0 Å². The van der Waals surface area contributed by atoms with Crippen molar-refractivity contribution >= 4 is 26.5 Å². The van der Waals surface area contributed by atoms with Crippen LogP contribution in [0.3, 0.4) is 0 Å². The van der Waals surface area contributed by atoms with E-state index in [4.69, 9.17) is 0 Å². The van der Waals surface area contributed by atoms with Gasteiger partial charge in [0.25, 0.3) is 0 Å². The summed E-state index contributed by atoms with van der Waals surface area (Å²) in [6.07, 6.45) is 0. The highest BCUT2D eigenvalue weighted by Crippen LogP contribution is 2.61. The maximum absolute atomic E-state index is 2.52. The molecule has 0 bridgehead atoms. The summed E-state index contributed by atoms with van der Waals surface area (Å²) < 4.78 is 0. The van der Waals surface area contributed by atoms with Gasteiger partial charge in [-0.3, -0.25) is 0 Å². The summed E-state index contributed by atoms with van der Waals surface area (Å²) in [7, 11) is 1.18. The first-order valence-corrected chi connectivity index (χ1v) is 13.8. The third kappa shape index (κ3) is 6.91. The van der Waals surface area contributed by atoms with E-state index in [1.54, 1.807) is 10.3 Å². The molecule has 0 N–H and O–H groups in total. The van der Waals surface area contributed by atoms with Crippen LogP contribution < -0.4 is 5.30 Å². The Morgan fingerprint density at radius 2 is 0.933 bits per heavy atom. The Kier molecular flexibility index (Phi) is 8.02. The van der Waals surface area contributed by atoms with E-state index < -0.39 is 0 Å². The summed E-state index contributed by atoms with van der Waals surface area (Å²) in [4.78, 5) is 0. The summed E-state index contributed by atoms with van der Waals surface area (Å²) in [6, 6.07) is 5.03. The molecule has 0 radical (unpaired) electrons. The van der Waals surface area contributed by atoms with Crippen molar-refractivity contribution in [3.05, 3.63) is 28.8 Å². The standard InChI is InChI=1S/C28H50P2/c1-19(30(27(11,12)13)28(14,15)16)29-23-21(25(5,6)7)17-20(24(2,3)4)18-22(23)26(8,9)10/h17-18H,1-16H3. The van der Waals surface area contributed by atoms with Gasteiger partial charge < -0.3 is 0 Å². The van der Waals surface area contributed by atoms with E-state index in [0.29, 0.717) is 10.3 Å². The van der Waals surface area contributed by atoms with Gasteiger partial charge in [-0.15, -0.1) is 0 Å². The molecule has 0 fully saturated rings. The van der Waals surface area contributed by atoms with Gasteiger partial charge in [-0.25, -0.2) is 0 Å². The second-order valence-corrected chi connectivity index (χ2v) is 19.7. The van der Waals surface area contributed by atoms with Crippen LogP contribution in [0, 0.1) is 0 Å². The SMILES string of the molecule is CC(=Pc1c(C(C)(C)C)cc(C(C)(C)C)cc1C(C)(C)C)P(C(C)(C)C)C(C)(C)C. The average molecular weight is 449 g/mol. The summed E-state index contributed by atoms with van der Waals surface area (Å²) in [5.41, 5.74) is 4.91. The van der Waals surface area contributed by atoms with Crippen molar-refractivity contribution in [1.29, 1.82) is 0 Å². The molecule has 0 nitrogen and oxygen atoms in total. The first-order chi connectivity index (χ1) is 13.0. The normalized spacial score (nSPS) is 15.2. The second-order valence-electron chi connectivity index (χ2n) is 14.0. The maximum atomic E-state index is 2.52. The molecule has 30 heavy (non-hydrogen) atoms. The first-order valence-electron chi connectivity index (χ1n) is 11.5. The van der Waals surface area contributed by atoms with Crippen LogP contribution in [0.1, 0.15) is 127 Å². The number of hydrogen-bond donors (Lipinski definition) is 0. The lowest BCUT2D eigenvalue weighted by Gasteiger charge is -2.42. The van der Waals surface area contributed by atoms with Crippen LogP contribution >= 0.6 is 16.1 Å². The van der Waals surface area contributed by atoms with Gasteiger partial charge in [0.05, 0.1) is 0 Å².